The number of aromatic nitrogens is 4. The molecule has 0 fully saturated rings. The van der Waals surface area contributed by atoms with E-state index in [-0.39, 0.29) is 12.2 Å². The second-order valence-electron chi connectivity index (χ2n) is 3.57. The summed E-state index contributed by atoms with van der Waals surface area (Å²) in [5, 5.41) is 4.01. The molecule has 0 amide bonds. The molecule has 17 heavy (non-hydrogen) atoms. The topological polar surface area (TPSA) is 86.7 Å². The number of hydrogen-bond acceptors (Lipinski definition) is 5. The maximum Gasteiger partial charge on any atom is 0.188 e. The number of Topliss-reactive ketones (excluding diaryl/α,β-unsaturated/α-hetero) is 1. The van der Waals surface area contributed by atoms with Crippen molar-refractivity contribution in [3.05, 3.63) is 36.2 Å². The van der Waals surface area contributed by atoms with E-state index in [4.69, 9.17) is 5.73 Å². The standard InChI is InChI=1S/C11H13N5O/c1-2-16-11(14-7-15-16)5-10(17)9-4-3-8(12)6-13-9/h3-4,6-7H,2,5,12H2,1H3. The van der Waals surface area contributed by atoms with Gasteiger partial charge in [-0.25, -0.2) is 9.67 Å². The molecule has 2 aromatic heterocycles. The van der Waals surface area contributed by atoms with Crippen LogP contribution in [0.25, 0.3) is 0 Å². The lowest BCUT2D eigenvalue weighted by molar-refractivity contribution is 0.0984. The zero-order chi connectivity index (χ0) is 12.3. The van der Waals surface area contributed by atoms with Gasteiger partial charge >= 0.3 is 0 Å². The zero-order valence-electron chi connectivity index (χ0n) is 9.50. The highest BCUT2D eigenvalue weighted by molar-refractivity contribution is 5.95. The molecule has 0 saturated heterocycles. The fraction of sp³-hybridized carbons (Fsp3) is 0.273. The minimum Gasteiger partial charge on any atom is -0.397 e. The minimum absolute atomic E-state index is 0.0901. The van der Waals surface area contributed by atoms with E-state index in [1.807, 2.05) is 6.92 Å². The number of rotatable bonds is 4. The van der Waals surface area contributed by atoms with Crippen molar-refractivity contribution >= 4 is 11.5 Å². The van der Waals surface area contributed by atoms with Gasteiger partial charge in [0.1, 0.15) is 17.8 Å². The number of pyridine rings is 1. The van der Waals surface area contributed by atoms with E-state index in [2.05, 4.69) is 15.1 Å². The summed E-state index contributed by atoms with van der Waals surface area (Å²) in [5.74, 6) is 0.559. The van der Waals surface area contributed by atoms with Crippen LogP contribution < -0.4 is 5.73 Å². The second kappa shape index (κ2) is 4.73. The van der Waals surface area contributed by atoms with Gasteiger partial charge in [-0.05, 0) is 19.1 Å². The third-order valence-electron chi connectivity index (χ3n) is 2.39. The van der Waals surface area contributed by atoms with Gasteiger partial charge in [-0.1, -0.05) is 0 Å². The first-order valence-corrected chi connectivity index (χ1v) is 5.32. The van der Waals surface area contributed by atoms with Crippen LogP contribution in [0.5, 0.6) is 0 Å². The third-order valence-corrected chi connectivity index (χ3v) is 2.39. The molecule has 0 radical (unpaired) electrons. The molecule has 88 valence electrons. The molecule has 0 aliphatic carbocycles. The van der Waals surface area contributed by atoms with Crippen LogP contribution >= 0.6 is 0 Å². The number of anilines is 1. The summed E-state index contributed by atoms with van der Waals surface area (Å²) in [5.41, 5.74) is 6.44. The third kappa shape index (κ3) is 2.47. The van der Waals surface area contributed by atoms with Gasteiger partial charge < -0.3 is 5.73 Å². The van der Waals surface area contributed by atoms with Crippen LogP contribution in [0.3, 0.4) is 0 Å². The van der Waals surface area contributed by atoms with Crippen molar-refractivity contribution < 1.29 is 4.79 Å². The molecule has 0 aromatic carbocycles. The van der Waals surface area contributed by atoms with E-state index in [0.717, 1.165) is 0 Å². The number of ketones is 1. The van der Waals surface area contributed by atoms with Crippen molar-refractivity contribution in [3.63, 3.8) is 0 Å². The predicted molar refractivity (Wildman–Crippen MR) is 62.4 cm³/mol. The largest absolute Gasteiger partial charge is 0.397 e. The predicted octanol–water partition coefficient (Wildman–Crippen LogP) is 0.701. The fourth-order valence-corrected chi connectivity index (χ4v) is 1.49. The smallest absolute Gasteiger partial charge is 0.188 e. The van der Waals surface area contributed by atoms with Gasteiger partial charge in [0, 0.05) is 6.54 Å². The molecule has 6 nitrogen and oxygen atoms in total. The van der Waals surface area contributed by atoms with Crippen LogP contribution in [0, 0.1) is 0 Å². The number of hydrogen-bond donors (Lipinski definition) is 1. The molecule has 2 N–H and O–H groups in total. The SMILES string of the molecule is CCn1ncnc1CC(=O)c1ccc(N)cn1. The van der Waals surface area contributed by atoms with Crippen LogP contribution in [0.15, 0.2) is 24.7 Å². The molecule has 2 heterocycles. The molecule has 0 unspecified atom stereocenters. The Morgan fingerprint density at radius 1 is 1.41 bits per heavy atom. The Labute approximate surface area is 98.5 Å². The van der Waals surface area contributed by atoms with E-state index in [9.17, 15) is 4.79 Å². The molecule has 0 atom stereocenters. The number of nitrogens with zero attached hydrogens (tertiary/aromatic N) is 4. The lowest BCUT2D eigenvalue weighted by Gasteiger charge is -2.02. The number of carbonyl (C=O) groups excluding carboxylic acids is 1. The van der Waals surface area contributed by atoms with Crippen LogP contribution in [0.4, 0.5) is 5.69 Å². The minimum atomic E-state index is -0.0901. The molecule has 0 aliphatic rings. The molecule has 2 aromatic rings. The average Bonchev–Trinajstić information content (AvgIpc) is 2.77. The van der Waals surface area contributed by atoms with E-state index < -0.39 is 0 Å². The lowest BCUT2D eigenvalue weighted by Crippen LogP contribution is -2.12. The number of carbonyl (C=O) groups is 1. The van der Waals surface area contributed by atoms with Gasteiger partial charge in [0.25, 0.3) is 0 Å². The molecule has 2 rings (SSSR count). The van der Waals surface area contributed by atoms with Crippen molar-refractivity contribution in [2.75, 3.05) is 5.73 Å². The summed E-state index contributed by atoms with van der Waals surface area (Å²) in [6.45, 7) is 2.64. The Bertz CT molecular complexity index is 517. The summed E-state index contributed by atoms with van der Waals surface area (Å²) in [4.78, 5) is 19.9. The molecule has 0 saturated carbocycles. The first kappa shape index (κ1) is 11.3. The maximum absolute atomic E-state index is 11.9. The molecule has 6 heteroatoms. The van der Waals surface area contributed by atoms with E-state index in [0.29, 0.717) is 23.8 Å². The number of nitrogen functional groups attached to an aromatic ring is 1. The highest BCUT2D eigenvalue weighted by Gasteiger charge is 2.12. The van der Waals surface area contributed by atoms with Crippen molar-refractivity contribution in [2.45, 2.75) is 19.9 Å². The summed E-state index contributed by atoms with van der Waals surface area (Å²) < 4.78 is 1.69. The molecule has 0 bridgehead atoms. The normalized spacial score (nSPS) is 10.4. The highest BCUT2D eigenvalue weighted by atomic mass is 16.1. The maximum atomic E-state index is 11.9. The Kier molecular flexibility index (Phi) is 3.13. The van der Waals surface area contributed by atoms with Crippen LogP contribution in [-0.4, -0.2) is 25.5 Å². The molecule has 0 spiro atoms. The van der Waals surface area contributed by atoms with Gasteiger partial charge in [0.15, 0.2) is 5.78 Å². The number of nitrogens with two attached hydrogens (primary N) is 1. The number of aryl methyl sites for hydroxylation is 1. The molecular formula is C11H13N5O. The van der Waals surface area contributed by atoms with Crippen molar-refractivity contribution in [3.8, 4) is 0 Å². The van der Waals surface area contributed by atoms with Crippen LogP contribution in [0.1, 0.15) is 23.2 Å². The first-order chi connectivity index (χ1) is 8.20. The van der Waals surface area contributed by atoms with Gasteiger partial charge in [0.05, 0.1) is 18.3 Å². The second-order valence-corrected chi connectivity index (χ2v) is 3.57. The molecular weight excluding hydrogens is 218 g/mol. The Morgan fingerprint density at radius 2 is 2.24 bits per heavy atom. The quantitative estimate of drug-likeness (QED) is 0.783. The Hall–Kier alpha value is -2.24. The van der Waals surface area contributed by atoms with Gasteiger partial charge in [-0.2, -0.15) is 5.10 Å². The molecule has 0 aliphatic heterocycles. The highest BCUT2D eigenvalue weighted by Crippen LogP contribution is 2.05. The van der Waals surface area contributed by atoms with Gasteiger partial charge in [-0.3, -0.25) is 9.78 Å². The first-order valence-electron chi connectivity index (χ1n) is 5.32. The summed E-state index contributed by atoms with van der Waals surface area (Å²) >= 11 is 0. The van der Waals surface area contributed by atoms with Gasteiger partial charge in [0.2, 0.25) is 0 Å². The summed E-state index contributed by atoms with van der Waals surface area (Å²) in [6.07, 6.45) is 3.12. The van der Waals surface area contributed by atoms with Crippen LogP contribution in [-0.2, 0) is 13.0 Å². The van der Waals surface area contributed by atoms with E-state index in [1.165, 1.54) is 12.5 Å². The average molecular weight is 231 g/mol. The van der Waals surface area contributed by atoms with Crippen molar-refractivity contribution in [1.29, 1.82) is 0 Å². The van der Waals surface area contributed by atoms with E-state index in [1.54, 1.807) is 16.8 Å². The zero-order valence-corrected chi connectivity index (χ0v) is 9.50. The Morgan fingerprint density at radius 3 is 2.88 bits per heavy atom. The van der Waals surface area contributed by atoms with Crippen molar-refractivity contribution in [1.82, 2.24) is 19.7 Å². The summed E-state index contributed by atoms with van der Waals surface area (Å²) in [7, 11) is 0. The van der Waals surface area contributed by atoms with Crippen LogP contribution in [0.2, 0.25) is 0 Å². The monoisotopic (exact) mass is 231 g/mol. The van der Waals surface area contributed by atoms with E-state index >= 15 is 0 Å². The van der Waals surface area contributed by atoms with Gasteiger partial charge in [-0.15, -0.1) is 0 Å². The Balaban J connectivity index is 2.14. The summed E-state index contributed by atoms with van der Waals surface area (Å²) in [6, 6.07) is 3.27. The fourth-order valence-electron chi connectivity index (χ4n) is 1.49. The van der Waals surface area contributed by atoms with Crippen molar-refractivity contribution in [2.24, 2.45) is 0 Å². The lowest BCUT2D eigenvalue weighted by atomic mass is 10.2.